The van der Waals surface area contributed by atoms with Gasteiger partial charge in [0.25, 0.3) is 0 Å². The average molecular weight is 233 g/mol. The zero-order chi connectivity index (χ0) is 12.9. The Morgan fingerprint density at radius 3 is 2.76 bits per heavy atom. The van der Waals surface area contributed by atoms with Crippen LogP contribution >= 0.6 is 0 Å². The first-order chi connectivity index (χ1) is 7.96. The van der Waals surface area contributed by atoms with Crippen LogP contribution in [0.5, 0.6) is 11.5 Å². The molecule has 0 saturated carbocycles. The quantitative estimate of drug-likeness (QED) is 0.793. The summed E-state index contributed by atoms with van der Waals surface area (Å²) in [5, 5.41) is 18.4. The number of nitriles is 1. The summed E-state index contributed by atoms with van der Waals surface area (Å²) in [6.07, 6.45) is 1.64. The molecule has 0 saturated heterocycles. The van der Waals surface area contributed by atoms with Gasteiger partial charge >= 0.3 is 0 Å². The summed E-state index contributed by atoms with van der Waals surface area (Å²) in [4.78, 5) is 0. The van der Waals surface area contributed by atoms with Crippen LogP contribution in [-0.4, -0.2) is 11.7 Å². The van der Waals surface area contributed by atoms with E-state index in [1.165, 1.54) is 0 Å². The summed E-state index contributed by atoms with van der Waals surface area (Å²) >= 11 is 0. The molecule has 1 rings (SSSR count). The Labute approximate surface area is 103 Å². The number of benzene rings is 1. The number of nitrogens with zero attached hydrogens (tertiary/aromatic N) is 1. The highest BCUT2D eigenvalue weighted by Gasteiger charge is 2.15. The minimum Gasteiger partial charge on any atom is -0.508 e. The van der Waals surface area contributed by atoms with Gasteiger partial charge in [-0.05, 0) is 45.7 Å². The average Bonchev–Trinajstić information content (AvgIpc) is 2.30. The number of aromatic hydroxyl groups is 1. The van der Waals surface area contributed by atoms with Crippen molar-refractivity contribution in [2.75, 3.05) is 6.61 Å². The highest BCUT2D eigenvalue weighted by atomic mass is 16.5. The lowest BCUT2D eigenvalue weighted by Crippen LogP contribution is -2.10. The van der Waals surface area contributed by atoms with E-state index in [1.54, 1.807) is 12.1 Å². The zero-order valence-corrected chi connectivity index (χ0v) is 10.7. The second-order valence-corrected chi connectivity index (χ2v) is 4.85. The number of phenolic OH excluding ortho intramolecular Hbond substituents is 1. The molecule has 0 aliphatic carbocycles. The summed E-state index contributed by atoms with van der Waals surface area (Å²) in [6.45, 7) is 6.23. The molecule has 1 N–H and O–H groups in total. The first-order valence-corrected chi connectivity index (χ1v) is 5.79. The van der Waals surface area contributed by atoms with Crippen LogP contribution in [0, 0.1) is 23.7 Å². The van der Waals surface area contributed by atoms with Gasteiger partial charge in [0.05, 0.1) is 18.1 Å². The van der Waals surface area contributed by atoms with Gasteiger partial charge in [-0.2, -0.15) is 5.26 Å². The van der Waals surface area contributed by atoms with E-state index in [1.807, 2.05) is 26.8 Å². The molecule has 92 valence electrons. The highest BCUT2D eigenvalue weighted by Crippen LogP contribution is 2.26. The molecular formula is C14H19NO2. The Morgan fingerprint density at radius 1 is 1.41 bits per heavy atom. The fraction of sp³-hybridized carbons (Fsp3) is 0.500. The molecule has 0 aliphatic rings. The van der Waals surface area contributed by atoms with Crippen molar-refractivity contribution in [3.8, 4) is 17.6 Å². The third-order valence-electron chi connectivity index (χ3n) is 2.76. The molecule has 17 heavy (non-hydrogen) atoms. The van der Waals surface area contributed by atoms with Crippen molar-refractivity contribution < 1.29 is 9.84 Å². The van der Waals surface area contributed by atoms with Gasteiger partial charge in [0.1, 0.15) is 11.5 Å². The first-order valence-electron chi connectivity index (χ1n) is 5.79. The van der Waals surface area contributed by atoms with Crippen molar-refractivity contribution in [3.63, 3.8) is 0 Å². The Hall–Kier alpha value is -1.69. The molecule has 0 spiro atoms. The van der Waals surface area contributed by atoms with E-state index >= 15 is 0 Å². The van der Waals surface area contributed by atoms with Crippen LogP contribution < -0.4 is 4.74 Å². The minimum atomic E-state index is -0.294. The maximum absolute atomic E-state index is 9.50. The fourth-order valence-electron chi connectivity index (χ4n) is 1.51. The molecule has 0 amide bonds. The Balaban J connectivity index is 2.42. The number of phenols is 1. The SMILES string of the molecule is Cc1c(O)cccc1OCCCC(C)(C)C#N. The smallest absolute Gasteiger partial charge is 0.125 e. The molecule has 0 fully saturated rings. The zero-order valence-electron chi connectivity index (χ0n) is 10.7. The summed E-state index contributed by atoms with van der Waals surface area (Å²) in [5.41, 5.74) is 0.462. The van der Waals surface area contributed by atoms with Gasteiger partial charge in [-0.3, -0.25) is 0 Å². The third kappa shape index (κ3) is 3.99. The van der Waals surface area contributed by atoms with Gasteiger partial charge < -0.3 is 9.84 Å². The third-order valence-corrected chi connectivity index (χ3v) is 2.76. The molecular weight excluding hydrogens is 214 g/mol. The molecule has 3 nitrogen and oxygen atoms in total. The predicted molar refractivity (Wildman–Crippen MR) is 67.0 cm³/mol. The van der Waals surface area contributed by atoms with Gasteiger partial charge in [0, 0.05) is 5.56 Å². The van der Waals surface area contributed by atoms with E-state index in [0.29, 0.717) is 12.4 Å². The molecule has 1 aromatic carbocycles. The lowest BCUT2D eigenvalue weighted by atomic mass is 9.90. The first kappa shape index (κ1) is 13.4. The number of hydrogen-bond acceptors (Lipinski definition) is 3. The van der Waals surface area contributed by atoms with Crippen molar-refractivity contribution in [1.29, 1.82) is 5.26 Å². The summed E-state index contributed by atoms with van der Waals surface area (Å²) in [6, 6.07) is 7.50. The molecule has 0 aliphatic heterocycles. The second kappa shape index (κ2) is 5.58. The van der Waals surface area contributed by atoms with Gasteiger partial charge in [-0.1, -0.05) is 6.07 Å². The van der Waals surface area contributed by atoms with Crippen LogP contribution in [0.1, 0.15) is 32.3 Å². The van der Waals surface area contributed by atoms with Crippen molar-refractivity contribution in [2.45, 2.75) is 33.6 Å². The van der Waals surface area contributed by atoms with E-state index < -0.39 is 0 Å². The van der Waals surface area contributed by atoms with E-state index in [-0.39, 0.29) is 11.2 Å². The number of rotatable bonds is 5. The van der Waals surface area contributed by atoms with Gasteiger partial charge in [0.2, 0.25) is 0 Å². The van der Waals surface area contributed by atoms with Crippen LogP contribution in [0.2, 0.25) is 0 Å². The van der Waals surface area contributed by atoms with Crippen LogP contribution in [0.3, 0.4) is 0 Å². The lowest BCUT2D eigenvalue weighted by Gasteiger charge is -2.15. The molecule has 0 radical (unpaired) electrons. The van der Waals surface area contributed by atoms with E-state index in [9.17, 15) is 5.11 Å². The van der Waals surface area contributed by atoms with Crippen molar-refractivity contribution in [1.82, 2.24) is 0 Å². The molecule has 0 bridgehead atoms. The normalized spacial score (nSPS) is 10.9. The van der Waals surface area contributed by atoms with Gasteiger partial charge in [-0.25, -0.2) is 0 Å². The second-order valence-electron chi connectivity index (χ2n) is 4.85. The molecule has 0 atom stereocenters. The Kier molecular flexibility index (Phi) is 4.39. The van der Waals surface area contributed by atoms with E-state index in [2.05, 4.69) is 6.07 Å². The van der Waals surface area contributed by atoms with Crippen LogP contribution in [-0.2, 0) is 0 Å². The molecule has 1 aromatic rings. The van der Waals surface area contributed by atoms with Gasteiger partial charge in [0.15, 0.2) is 0 Å². The molecule has 0 aromatic heterocycles. The van der Waals surface area contributed by atoms with Crippen molar-refractivity contribution in [2.24, 2.45) is 5.41 Å². The monoisotopic (exact) mass is 233 g/mol. The Bertz CT molecular complexity index is 419. The summed E-state index contributed by atoms with van der Waals surface area (Å²) in [7, 11) is 0. The summed E-state index contributed by atoms with van der Waals surface area (Å²) in [5.74, 6) is 0.958. The maximum Gasteiger partial charge on any atom is 0.125 e. The van der Waals surface area contributed by atoms with Crippen LogP contribution in [0.4, 0.5) is 0 Å². The fourth-order valence-corrected chi connectivity index (χ4v) is 1.51. The van der Waals surface area contributed by atoms with Crippen molar-refractivity contribution in [3.05, 3.63) is 23.8 Å². The Morgan fingerprint density at radius 2 is 2.12 bits per heavy atom. The van der Waals surface area contributed by atoms with Crippen LogP contribution in [0.15, 0.2) is 18.2 Å². The maximum atomic E-state index is 9.50. The molecule has 3 heteroatoms. The highest BCUT2D eigenvalue weighted by molar-refractivity contribution is 5.42. The van der Waals surface area contributed by atoms with Crippen LogP contribution in [0.25, 0.3) is 0 Å². The largest absolute Gasteiger partial charge is 0.508 e. The lowest BCUT2D eigenvalue weighted by molar-refractivity contribution is 0.281. The topological polar surface area (TPSA) is 53.2 Å². The predicted octanol–water partition coefficient (Wildman–Crippen LogP) is 3.41. The molecule has 0 unspecified atom stereocenters. The number of hydrogen-bond donors (Lipinski definition) is 1. The molecule has 0 heterocycles. The number of ether oxygens (including phenoxy) is 1. The van der Waals surface area contributed by atoms with E-state index in [4.69, 9.17) is 10.00 Å². The standard InChI is InChI=1S/C14H19NO2/c1-11-12(16)6-4-7-13(11)17-9-5-8-14(2,3)10-15/h4,6-7,16H,5,8-9H2,1-3H3. The van der Waals surface area contributed by atoms with E-state index in [0.717, 1.165) is 18.4 Å². The van der Waals surface area contributed by atoms with Gasteiger partial charge in [-0.15, -0.1) is 0 Å². The summed E-state index contributed by atoms with van der Waals surface area (Å²) < 4.78 is 5.59. The van der Waals surface area contributed by atoms with Crippen molar-refractivity contribution >= 4 is 0 Å². The minimum absolute atomic E-state index is 0.250.